The summed E-state index contributed by atoms with van der Waals surface area (Å²) in [5.41, 5.74) is 8.84. The molecule has 0 unspecified atom stereocenters. The fourth-order valence-corrected chi connectivity index (χ4v) is 2.92. The Morgan fingerprint density at radius 1 is 1.22 bits per heavy atom. The Labute approximate surface area is 156 Å². The van der Waals surface area contributed by atoms with Crippen LogP contribution in [0.15, 0.2) is 43.0 Å². The summed E-state index contributed by atoms with van der Waals surface area (Å²) in [5, 5.41) is 12.2. The SMILES string of the molecule is C=CCn1c(C)cc(C(=O)Cn2nnc(-c3ccc(C(N)=O)cc3)n2)c1C. The Balaban J connectivity index is 1.77. The largest absolute Gasteiger partial charge is 0.366 e. The fourth-order valence-electron chi connectivity index (χ4n) is 2.92. The van der Waals surface area contributed by atoms with Crippen molar-refractivity contribution < 1.29 is 9.59 Å². The molecule has 3 rings (SSSR count). The molecule has 0 saturated heterocycles. The number of benzene rings is 1. The van der Waals surface area contributed by atoms with Crippen LogP contribution in [0.25, 0.3) is 11.4 Å². The van der Waals surface area contributed by atoms with E-state index in [9.17, 15) is 9.59 Å². The summed E-state index contributed by atoms with van der Waals surface area (Å²) < 4.78 is 2.03. The molecule has 138 valence electrons. The number of hydrogen-bond acceptors (Lipinski definition) is 5. The van der Waals surface area contributed by atoms with E-state index in [1.165, 1.54) is 4.80 Å². The second kappa shape index (κ2) is 7.36. The number of aryl methyl sites for hydroxylation is 1. The van der Waals surface area contributed by atoms with Crippen molar-refractivity contribution in [3.8, 4) is 11.4 Å². The van der Waals surface area contributed by atoms with Gasteiger partial charge in [-0.2, -0.15) is 4.80 Å². The Morgan fingerprint density at radius 2 is 1.93 bits per heavy atom. The number of primary amides is 1. The van der Waals surface area contributed by atoms with Crippen LogP contribution in [-0.2, 0) is 13.1 Å². The average molecular weight is 364 g/mol. The molecule has 8 heteroatoms. The van der Waals surface area contributed by atoms with Crippen molar-refractivity contribution in [2.75, 3.05) is 0 Å². The molecule has 2 N–H and O–H groups in total. The Kier molecular flexibility index (Phi) is 4.98. The van der Waals surface area contributed by atoms with Crippen LogP contribution in [0.2, 0.25) is 0 Å². The number of carbonyl (C=O) groups is 2. The second-order valence-corrected chi connectivity index (χ2v) is 6.19. The van der Waals surface area contributed by atoms with Crippen molar-refractivity contribution in [2.24, 2.45) is 5.73 Å². The molecule has 0 bridgehead atoms. The van der Waals surface area contributed by atoms with E-state index in [2.05, 4.69) is 22.0 Å². The lowest BCUT2D eigenvalue weighted by molar-refractivity contribution is 0.0959. The number of ketones is 1. The maximum absolute atomic E-state index is 12.7. The highest BCUT2D eigenvalue weighted by Gasteiger charge is 2.17. The van der Waals surface area contributed by atoms with Gasteiger partial charge in [-0.3, -0.25) is 9.59 Å². The lowest BCUT2D eigenvalue weighted by atomic mass is 10.1. The lowest BCUT2D eigenvalue weighted by Gasteiger charge is -2.06. The summed E-state index contributed by atoms with van der Waals surface area (Å²) in [6.07, 6.45) is 1.79. The number of hydrogen-bond donors (Lipinski definition) is 1. The second-order valence-electron chi connectivity index (χ2n) is 6.19. The van der Waals surface area contributed by atoms with E-state index >= 15 is 0 Å². The van der Waals surface area contributed by atoms with Gasteiger partial charge in [0, 0.05) is 34.6 Å². The number of tetrazole rings is 1. The Hall–Kier alpha value is -3.55. The number of amides is 1. The van der Waals surface area contributed by atoms with E-state index in [-0.39, 0.29) is 12.3 Å². The summed E-state index contributed by atoms with van der Waals surface area (Å²) >= 11 is 0. The third kappa shape index (κ3) is 3.69. The monoisotopic (exact) mass is 364 g/mol. The summed E-state index contributed by atoms with van der Waals surface area (Å²) in [6, 6.07) is 8.43. The molecule has 27 heavy (non-hydrogen) atoms. The molecule has 0 aliphatic carbocycles. The number of nitrogens with two attached hydrogens (primary N) is 1. The van der Waals surface area contributed by atoms with Gasteiger partial charge in [0.2, 0.25) is 11.7 Å². The minimum Gasteiger partial charge on any atom is -0.366 e. The van der Waals surface area contributed by atoms with Gasteiger partial charge in [-0.15, -0.1) is 16.8 Å². The van der Waals surface area contributed by atoms with Crippen LogP contribution < -0.4 is 5.73 Å². The van der Waals surface area contributed by atoms with Crippen molar-refractivity contribution >= 4 is 11.7 Å². The molecule has 0 atom stereocenters. The normalized spacial score (nSPS) is 10.7. The summed E-state index contributed by atoms with van der Waals surface area (Å²) in [4.78, 5) is 25.0. The molecule has 3 aromatic rings. The maximum atomic E-state index is 12.7. The third-order valence-corrected chi connectivity index (χ3v) is 4.35. The number of Topliss-reactive ketones (excluding diaryl/α,β-unsaturated/α-hetero) is 1. The Bertz CT molecular complexity index is 1010. The van der Waals surface area contributed by atoms with E-state index in [1.54, 1.807) is 30.3 Å². The van der Waals surface area contributed by atoms with Crippen LogP contribution in [0.1, 0.15) is 32.1 Å². The average Bonchev–Trinajstić information content (AvgIpc) is 3.22. The highest BCUT2D eigenvalue weighted by molar-refractivity contribution is 5.97. The molecule has 1 aromatic carbocycles. The number of rotatable bonds is 7. The van der Waals surface area contributed by atoms with Crippen molar-refractivity contribution in [3.05, 3.63) is 65.5 Å². The van der Waals surface area contributed by atoms with Crippen LogP contribution in [0.5, 0.6) is 0 Å². The number of allylic oxidation sites excluding steroid dienone is 1. The van der Waals surface area contributed by atoms with Crippen LogP contribution in [0.3, 0.4) is 0 Å². The smallest absolute Gasteiger partial charge is 0.248 e. The zero-order chi connectivity index (χ0) is 19.6. The van der Waals surface area contributed by atoms with E-state index in [0.29, 0.717) is 29.1 Å². The van der Waals surface area contributed by atoms with Crippen LogP contribution in [0.4, 0.5) is 0 Å². The standard InChI is InChI=1S/C19H20N6O2/c1-4-9-24-12(2)10-16(13(24)3)17(26)11-25-22-19(21-23-25)15-7-5-14(6-8-15)18(20)27/h4-8,10H,1,9,11H2,2-3H3,(H2,20,27). The third-order valence-electron chi connectivity index (χ3n) is 4.35. The summed E-state index contributed by atoms with van der Waals surface area (Å²) in [6.45, 7) is 8.24. The van der Waals surface area contributed by atoms with Gasteiger partial charge < -0.3 is 10.3 Å². The van der Waals surface area contributed by atoms with Crippen molar-refractivity contribution in [2.45, 2.75) is 26.9 Å². The molecule has 0 spiro atoms. The molecule has 8 nitrogen and oxygen atoms in total. The highest BCUT2D eigenvalue weighted by atomic mass is 16.1. The molecular weight excluding hydrogens is 344 g/mol. The van der Waals surface area contributed by atoms with E-state index in [4.69, 9.17) is 5.73 Å². The molecule has 0 aliphatic heterocycles. The Morgan fingerprint density at radius 3 is 2.56 bits per heavy atom. The van der Waals surface area contributed by atoms with Gasteiger partial charge in [-0.05, 0) is 37.3 Å². The van der Waals surface area contributed by atoms with Crippen molar-refractivity contribution in [1.82, 2.24) is 24.8 Å². The van der Waals surface area contributed by atoms with E-state index in [1.807, 2.05) is 24.5 Å². The summed E-state index contributed by atoms with van der Waals surface area (Å²) in [5.74, 6) is -0.222. The molecule has 2 heterocycles. The fraction of sp³-hybridized carbons (Fsp3) is 0.211. The van der Waals surface area contributed by atoms with Gasteiger partial charge in [0.25, 0.3) is 0 Å². The maximum Gasteiger partial charge on any atom is 0.248 e. The van der Waals surface area contributed by atoms with Gasteiger partial charge >= 0.3 is 0 Å². The van der Waals surface area contributed by atoms with Gasteiger partial charge in [-0.1, -0.05) is 18.2 Å². The van der Waals surface area contributed by atoms with E-state index in [0.717, 1.165) is 11.4 Å². The van der Waals surface area contributed by atoms with Crippen LogP contribution in [0, 0.1) is 13.8 Å². The molecule has 0 fully saturated rings. The zero-order valence-corrected chi connectivity index (χ0v) is 15.2. The minimum atomic E-state index is -0.502. The van der Waals surface area contributed by atoms with Crippen molar-refractivity contribution in [1.29, 1.82) is 0 Å². The molecule has 0 saturated carbocycles. The van der Waals surface area contributed by atoms with Gasteiger partial charge in [0.1, 0.15) is 6.54 Å². The van der Waals surface area contributed by atoms with Crippen LogP contribution in [-0.4, -0.2) is 36.5 Å². The predicted molar refractivity (Wildman–Crippen MR) is 100 cm³/mol. The minimum absolute atomic E-state index is 0.00917. The molecule has 2 aromatic heterocycles. The number of carbonyl (C=O) groups excluding carboxylic acids is 2. The van der Waals surface area contributed by atoms with E-state index < -0.39 is 5.91 Å². The van der Waals surface area contributed by atoms with Gasteiger partial charge in [0.15, 0.2) is 5.78 Å². The molecule has 1 amide bonds. The quantitative estimate of drug-likeness (QED) is 0.509. The van der Waals surface area contributed by atoms with Crippen molar-refractivity contribution in [3.63, 3.8) is 0 Å². The zero-order valence-electron chi connectivity index (χ0n) is 15.2. The first kappa shape index (κ1) is 18.2. The highest BCUT2D eigenvalue weighted by Crippen LogP contribution is 2.17. The first-order valence-corrected chi connectivity index (χ1v) is 8.39. The van der Waals surface area contributed by atoms with Gasteiger partial charge in [-0.25, -0.2) is 0 Å². The molecule has 0 aliphatic rings. The van der Waals surface area contributed by atoms with Gasteiger partial charge in [0.05, 0.1) is 0 Å². The first-order chi connectivity index (χ1) is 12.9. The molecule has 0 radical (unpaired) electrons. The summed E-state index contributed by atoms with van der Waals surface area (Å²) in [7, 11) is 0. The number of nitrogens with zero attached hydrogens (tertiary/aromatic N) is 5. The van der Waals surface area contributed by atoms with Crippen LogP contribution >= 0.6 is 0 Å². The molecular formula is C19H20N6O2. The first-order valence-electron chi connectivity index (χ1n) is 8.39. The lowest BCUT2D eigenvalue weighted by Crippen LogP contribution is -2.14. The number of aromatic nitrogens is 5. The topological polar surface area (TPSA) is 109 Å². The predicted octanol–water partition coefficient (Wildman–Crippen LogP) is 1.93.